The van der Waals surface area contributed by atoms with Crippen LogP contribution in [0, 0.1) is 0 Å². The predicted octanol–water partition coefficient (Wildman–Crippen LogP) is 2.77. The van der Waals surface area contributed by atoms with Crippen molar-refractivity contribution < 1.29 is 35.4 Å². The fourth-order valence-corrected chi connectivity index (χ4v) is 3.60. The molecule has 0 saturated carbocycles. The Balaban J connectivity index is 2.10. The second kappa shape index (κ2) is 7.17. The molecule has 1 aliphatic rings. The van der Waals surface area contributed by atoms with Crippen LogP contribution in [0.1, 0.15) is 49.8 Å². The third-order valence-corrected chi connectivity index (χ3v) is 5.02. The third-order valence-electron chi connectivity index (χ3n) is 5.02. The highest BCUT2D eigenvalue weighted by Crippen LogP contribution is 2.52. The van der Waals surface area contributed by atoms with Gasteiger partial charge in [-0.3, -0.25) is 0 Å². The molecule has 3 unspecified atom stereocenters. The number of phenolic OH excluding ortho intramolecular Hbond substituents is 4. The second-order valence-electron chi connectivity index (χ2n) is 6.95. The molecule has 2 aromatic carbocycles. The van der Waals surface area contributed by atoms with Gasteiger partial charge >= 0.3 is 0 Å². The molecule has 3 atom stereocenters. The number of hydrogen-bond acceptors (Lipinski definition) is 7. The SMILES string of the molecule is CCCCCC1(O)c2c(O)cc(O)cc2OC(c2ccc(O)c(O)c2)C1O. The summed E-state index contributed by atoms with van der Waals surface area (Å²) in [6.45, 7) is 2.01. The average molecular weight is 376 g/mol. The lowest BCUT2D eigenvalue weighted by atomic mass is 9.77. The number of benzene rings is 2. The molecule has 2 aromatic rings. The number of hydrogen-bond donors (Lipinski definition) is 6. The van der Waals surface area contributed by atoms with Gasteiger partial charge in [-0.25, -0.2) is 0 Å². The minimum atomic E-state index is -1.81. The topological polar surface area (TPSA) is 131 Å². The van der Waals surface area contributed by atoms with Gasteiger partial charge in [0.2, 0.25) is 0 Å². The van der Waals surface area contributed by atoms with E-state index in [-0.39, 0.29) is 40.7 Å². The summed E-state index contributed by atoms with van der Waals surface area (Å²) >= 11 is 0. The summed E-state index contributed by atoms with van der Waals surface area (Å²) in [7, 11) is 0. The van der Waals surface area contributed by atoms with Crippen LogP contribution in [-0.2, 0) is 5.60 Å². The van der Waals surface area contributed by atoms with Crippen molar-refractivity contribution in [2.75, 3.05) is 0 Å². The Hall–Kier alpha value is -2.64. The van der Waals surface area contributed by atoms with E-state index in [1.165, 1.54) is 24.3 Å². The van der Waals surface area contributed by atoms with Gasteiger partial charge in [0, 0.05) is 12.1 Å². The summed E-state index contributed by atoms with van der Waals surface area (Å²) in [6.07, 6.45) is 0.00785. The number of rotatable bonds is 5. The van der Waals surface area contributed by atoms with Gasteiger partial charge in [-0.05, 0) is 24.1 Å². The van der Waals surface area contributed by atoms with Crippen LogP contribution in [0.5, 0.6) is 28.7 Å². The molecule has 0 spiro atoms. The van der Waals surface area contributed by atoms with Gasteiger partial charge in [-0.15, -0.1) is 0 Å². The number of aliphatic hydroxyl groups excluding tert-OH is 1. The summed E-state index contributed by atoms with van der Waals surface area (Å²) in [5, 5.41) is 61.7. The summed E-state index contributed by atoms with van der Waals surface area (Å²) in [5.74, 6) is -1.27. The van der Waals surface area contributed by atoms with Crippen molar-refractivity contribution in [2.24, 2.45) is 0 Å². The molecular weight excluding hydrogens is 352 g/mol. The van der Waals surface area contributed by atoms with Crippen LogP contribution in [0.15, 0.2) is 30.3 Å². The zero-order chi connectivity index (χ0) is 19.8. The normalized spacial score (nSPS) is 24.3. The smallest absolute Gasteiger partial charge is 0.157 e. The number of unbranched alkanes of at least 4 members (excludes halogenated alkanes) is 2. The first-order valence-corrected chi connectivity index (χ1v) is 8.93. The second-order valence-corrected chi connectivity index (χ2v) is 6.95. The number of aliphatic hydroxyl groups is 2. The molecule has 146 valence electrons. The van der Waals surface area contributed by atoms with Crippen LogP contribution in [0.2, 0.25) is 0 Å². The highest BCUT2D eigenvalue weighted by molar-refractivity contribution is 5.55. The Morgan fingerprint density at radius 3 is 2.37 bits per heavy atom. The van der Waals surface area contributed by atoms with Crippen LogP contribution in [0.4, 0.5) is 0 Å². The van der Waals surface area contributed by atoms with Crippen LogP contribution >= 0.6 is 0 Å². The summed E-state index contributed by atoms with van der Waals surface area (Å²) in [4.78, 5) is 0. The molecule has 0 aromatic heterocycles. The molecule has 0 amide bonds. The molecule has 1 heterocycles. The molecule has 0 bridgehead atoms. The van der Waals surface area contributed by atoms with E-state index in [1.54, 1.807) is 0 Å². The van der Waals surface area contributed by atoms with Gasteiger partial charge in [0.05, 0.1) is 5.56 Å². The fraction of sp³-hybridized carbons (Fsp3) is 0.400. The van der Waals surface area contributed by atoms with E-state index in [0.717, 1.165) is 18.9 Å². The lowest BCUT2D eigenvalue weighted by Gasteiger charge is -2.43. The van der Waals surface area contributed by atoms with Crippen molar-refractivity contribution in [3.05, 3.63) is 41.5 Å². The Morgan fingerprint density at radius 2 is 1.70 bits per heavy atom. The van der Waals surface area contributed by atoms with Crippen molar-refractivity contribution in [1.29, 1.82) is 0 Å². The van der Waals surface area contributed by atoms with Crippen LogP contribution in [-0.4, -0.2) is 36.7 Å². The third kappa shape index (κ3) is 3.36. The summed E-state index contributed by atoms with van der Waals surface area (Å²) in [5.41, 5.74) is -1.44. The zero-order valence-corrected chi connectivity index (χ0v) is 15.0. The Kier molecular flexibility index (Phi) is 5.08. The van der Waals surface area contributed by atoms with Gasteiger partial charge in [0.25, 0.3) is 0 Å². The van der Waals surface area contributed by atoms with E-state index in [9.17, 15) is 30.6 Å². The number of aromatic hydroxyl groups is 4. The van der Waals surface area contributed by atoms with Crippen LogP contribution in [0.25, 0.3) is 0 Å². The molecular formula is C20H24O7. The molecule has 0 radical (unpaired) electrons. The Morgan fingerprint density at radius 1 is 0.963 bits per heavy atom. The Bertz CT molecular complexity index is 835. The van der Waals surface area contributed by atoms with Crippen molar-refractivity contribution in [2.45, 2.75) is 50.4 Å². The van der Waals surface area contributed by atoms with Crippen LogP contribution < -0.4 is 4.74 Å². The van der Waals surface area contributed by atoms with E-state index in [4.69, 9.17) is 4.74 Å². The highest BCUT2D eigenvalue weighted by atomic mass is 16.5. The highest BCUT2D eigenvalue weighted by Gasteiger charge is 2.50. The Labute approximate surface area is 156 Å². The minimum absolute atomic E-state index is 0.0307. The van der Waals surface area contributed by atoms with E-state index in [2.05, 4.69) is 0 Å². The molecule has 0 saturated heterocycles. The minimum Gasteiger partial charge on any atom is -0.508 e. The first-order chi connectivity index (χ1) is 12.8. The lowest BCUT2D eigenvalue weighted by molar-refractivity contribution is -0.148. The first-order valence-electron chi connectivity index (χ1n) is 8.93. The fourth-order valence-electron chi connectivity index (χ4n) is 3.60. The number of fused-ring (bicyclic) bond motifs is 1. The first kappa shape index (κ1) is 19.1. The van der Waals surface area contributed by atoms with Crippen molar-refractivity contribution in [1.82, 2.24) is 0 Å². The molecule has 27 heavy (non-hydrogen) atoms. The number of ether oxygens (including phenoxy) is 1. The van der Waals surface area contributed by atoms with Gasteiger partial charge in [-0.1, -0.05) is 32.3 Å². The van der Waals surface area contributed by atoms with E-state index >= 15 is 0 Å². The maximum absolute atomic E-state index is 11.4. The molecule has 1 aliphatic heterocycles. The van der Waals surface area contributed by atoms with Crippen molar-refractivity contribution in [3.8, 4) is 28.7 Å². The standard InChI is InChI=1S/C20H24O7/c1-2-3-4-7-20(26)17-15(24)9-12(21)10-16(17)27-18(19(20)25)11-5-6-13(22)14(23)8-11/h5-6,8-10,18-19,21-26H,2-4,7H2,1H3. The lowest BCUT2D eigenvalue weighted by Crippen LogP contribution is -2.48. The average Bonchev–Trinajstić information content (AvgIpc) is 2.60. The summed E-state index contributed by atoms with van der Waals surface area (Å²) < 4.78 is 5.77. The predicted molar refractivity (Wildman–Crippen MR) is 97.0 cm³/mol. The maximum atomic E-state index is 11.4. The maximum Gasteiger partial charge on any atom is 0.157 e. The van der Waals surface area contributed by atoms with Crippen LogP contribution in [0.3, 0.4) is 0 Å². The van der Waals surface area contributed by atoms with Gasteiger partial charge in [0.15, 0.2) is 17.6 Å². The summed E-state index contributed by atoms with van der Waals surface area (Å²) in [6, 6.07) is 6.31. The van der Waals surface area contributed by atoms with Crippen molar-refractivity contribution >= 4 is 0 Å². The molecule has 6 N–H and O–H groups in total. The van der Waals surface area contributed by atoms with Gasteiger partial charge < -0.3 is 35.4 Å². The monoisotopic (exact) mass is 376 g/mol. The van der Waals surface area contributed by atoms with E-state index < -0.39 is 17.8 Å². The largest absolute Gasteiger partial charge is 0.508 e. The molecule has 3 rings (SSSR count). The molecule has 7 nitrogen and oxygen atoms in total. The van der Waals surface area contributed by atoms with E-state index in [1.807, 2.05) is 6.92 Å². The molecule has 0 fully saturated rings. The zero-order valence-electron chi connectivity index (χ0n) is 15.0. The molecule has 0 aliphatic carbocycles. The number of phenols is 4. The van der Waals surface area contributed by atoms with Crippen molar-refractivity contribution in [3.63, 3.8) is 0 Å². The van der Waals surface area contributed by atoms with Gasteiger partial charge in [-0.2, -0.15) is 0 Å². The quantitative estimate of drug-likeness (QED) is 0.349. The van der Waals surface area contributed by atoms with E-state index in [0.29, 0.717) is 12.0 Å². The van der Waals surface area contributed by atoms with Gasteiger partial charge in [0.1, 0.15) is 29.0 Å². The molecule has 7 heteroatoms.